The Hall–Kier alpha value is -1.55. The fourth-order valence-electron chi connectivity index (χ4n) is 2.55. The van der Waals surface area contributed by atoms with E-state index in [2.05, 4.69) is 6.92 Å². The fraction of sp³-hybridized carbons (Fsp3) is 0.650. The number of primary amides is 1. The quantitative estimate of drug-likeness (QED) is 0.677. The van der Waals surface area contributed by atoms with Crippen molar-refractivity contribution < 1.29 is 14.3 Å². The SMILES string of the molecule is CCCCCCCCOc1ccccc1.NC(=O)C1CCCCO1. The third-order valence-electron chi connectivity index (χ3n) is 4.01. The molecule has 4 heteroatoms. The first kappa shape index (κ1) is 20.5. The van der Waals surface area contributed by atoms with E-state index in [0.29, 0.717) is 6.61 Å². The van der Waals surface area contributed by atoms with E-state index in [9.17, 15) is 4.79 Å². The minimum atomic E-state index is -0.324. The molecule has 0 radical (unpaired) electrons. The zero-order chi connectivity index (χ0) is 17.5. The van der Waals surface area contributed by atoms with Crippen LogP contribution in [0.15, 0.2) is 30.3 Å². The van der Waals surface area contributed by atoms with Crippen LogP contribution in [0, 0.1) is 0 Å². The van der Waals surface area contributed by atoms with E-state index in [1.54, 1.807) is 0 Å². The number of hydrogen-bond donors (Lipinski definition) is 1. The van der Waals surface area contributed by atoms with Crippen LogP contribution in [-0.4, -0.2) is 25.2 Å². The van der Waals surface area contributed by atoms with Crippen molar-refractivity contribution >= 4 is 5.91 Å². The van der Waals surface area contributed by atoms with Crippen LogP contribution in [0.2, 0.25) is 0 Å². The van der Waals surface area contributed by atoms with Crippen molar-refractivity contribution in [3.05, 3.63) is 30.3 Å². The second-order valence-electron chi connectivity index (χ2n) is 6.19. The van der Waals surface area contributed by atoms with Gasteiger partial charge in [0.15, 0.2) is 0 Å². The number of ether oxygens (including phenoxy) is 2. The molecule has 1 atom stereocenters. The number of nitrogens with two attached hydrogens (primary N) is 1. The highest BCUT2D eigenvalue weighted by atomic mass is 16.5. The van der Waals surface area contributed by atoms with Gasteiger partial charge in [-0.1, -0.05) is 57.2 Å². The normalized spacial score (nSPS) is 16.8. The van der Waals surface area contributed by atoms with Gasteiger partial charge in [0.05, 0.1) is 6.61 Å². The average Bonchev–Trinajstić information content (AvgIpc) is 2.63. The molecule has 1 aromatic carbocycles. The summed E-state index contributed by atoms with van der Waals surface area (Å²) < 4.78 is 10.7. The molecule has 1 aliphatic heterocycles. The van der Waals surface area contributed by atoms with Gasteiger partial charge in [-0.2, -0.15) is 0 Å². The Labute approximate surface area is 146 Å². The predicted molar refractivity (Wildman–Crippen MR) is 98.1 cm³/mol. The number of amides is 1. The minimum absolute atomic E-state index is 0.307. The Bertz CT molecular complexity index is 416. The molecule has 1 aliphatic rings. The topological polar surface area (TPSA) is 61.5 Å². The van der Waals surface area contributed by atoms with Crippen LogP contribution in [0.3, 0.4) is 0 Å². The van der Waals surface area contributed by atoms with Gasteiger partial charge < -0.3 is 15.2 Å². The maximum Gasteiger partial charge on any atom is 0.246 e. The molecule has 0 bridgehead atoms. The Balaban J connectivity index is 0.000000272. The summed E-state index contributed by atoms with van der Waals surface area (Å²) in [5.74, 6) is 0.667. The van der Waals surface area contributed by atoms with E-state index >= 15 is 0 Å². The molecule has 1 saturated heterocycles. The van der Waals surface area contributed by atoms with Crippen molar-refractivity contribution in [3.8, 4) is 5.75 Å². The van der Waals surface area contributed by atoms with Gasteiger partial charge in [-0.15, -0.1) is 0 Å². The first-order valence-corrected chi connectivity index (χ1v) is 9.32. The van der Waals surface area contributed by atoms with Crippen molar-refractivity contribution in [2.24, 2.45) is 5.73 Å². The molecular formula is C20H33NO3. The molecule has 1 unspecified atom stereocenters. The number of carbonyl (C=O) groups excluding carboxylic acids is 1. The lowest BCUT2D eigenvalue weighted by atomic mass is 10.1. The highest BCUT2D eigenvalue weighted by Gasteiger charge is 2.18. The first-order valence-electron chi connectivity index (χ1n) is 9.32. The number of rotatable bonds is 9. The monoisotopic (exact) mass is 335 g/mol. The molecule has 1 fully saturated rings. The van der Waals surface area contributed by atoms with Gasteiger partial charge in [-0.05, 0) is 37.8 Å². The number of para-hydroxylation sites is 1. The van der Waals surface area contributed by atoms with Crippen LogP contribution < -0.4 is 10.5 Å². The Kier molecular flexibility index (Phi) is 11.8. The lowest BCUT2D eigenvalue weighted by Gasteiger charge is -2.18. The maximum atomic E-state index is 10.5. The number of benzene rings is 1. The zero-order valence-corrected chi connectivity index (χ0v) is 15.0. The molecule has 1 amide bonds. The molecule has 0 aliphatic carbocycles. The van der Waals surface area contributed by atoms with Gasteiger partial charge in [0, 0.05) is 6.61 Å². The summed E-state index contributed by atoms with van der Waals surface area (Å²) in [5.41, 5.74) is 5.00. The molecule has 0 spiro atoms. The van der Waals surface area contributed by atoms with Gasteiger partial charge >= 0.3 is 0 Å². The minimum Gasteiger partial charge on any atom is -0.494 e. The van der Waals surface area contributed by atoms with Gasteiger partial charge in [0.2, 0.25) is 5.91 Å². The second-order valence-corrected chi connectivity index (χ2v) is 6.19. The van der Waals surface area contributed by atoms with Gasteiger partial charge in [-0.3, -0.25) is 4.79 Å². The van der Waals surface area contributed by atoms with Crippen molar-refractivity contribution in [1.82, 2.24) is 0 Å². The summed E-state index contributed by atoms with van der Waals surface area (Å²) in [7, 11) is 0. The Morgan fingerprint density at radius 1 is 1.12 bits per heavy atom. The molecule has 136 valence electrons. The average molecular weight is 335 g/mol. The molecule has 0 aromatic heterocycles. The predicted octanol–water partition coefficient (Wildman–Crippen LogP) is 4.47. The van der Waals surface area contributed by atoms with E-state index in [4.69, 9.17) is 15.2 Å². The first-order chi connectivity index (χ1) is 11.7. The van der Waals surface area contributed by atoms with Crippen molar-refractivity contribution in [2.45, 2.75) is 70.8 Å². The van der Waals surface area contributed by atoms with E-state index in [-0.39, 0.29) is 12.0 Å². The van der Waals surface area contributed by atoms with Crippen LogP contribution in [0.4, 0.5) is 0 Å². The largest absolute Gasteiger partial charge is 0.494 e. The molecule has 1 aromatic rings. The number of unbranched alkanes of at least 4 members (excludes halogenated alkanes) is 5. The summed E-state index contributed by atoms with van der Waals surface area (Å²) in [5, 5.41) is 0. The summed E-state index contributed by atoms with van der Waals surface area (Å²) >= 11 is 0. The van der Waals surface area contributed by atoms with E-state index in [1.165, 1.54) is 38.5 Å². The van der Waals surface area contributed by atoms with Gasteiger partial charge in [0.1, 0.15) is 11.9 Å². The summed E-state index contributed by atoms with van der Waals surface area (Å²) in [4.78, 5) is 10.5. The highest BCUT2D eigenvalue weighted by molar-refractivity contribution is 5.78. The summed E-state index contributed by atoms with van der Waals surface area (Å²) in [6, 6.07) is 10.1. The molecule has 4 nitrogen and oxygen atoms in total. The van der Waals surface area contributed by atoms with Crippen LogP contribution in [0.25, 0.3) is 0 Å². The van der Waals surface area contributed by atoms with Crippen LogP contribution >= 0.6 is 0 Å². The van der Waals surface area contributed by atoms with E-state index in [1.807, 2.05) is 30.3 Å². The molecule has 1 heterocycles. The molecular weight excluding hydrogens is 302 g/mol. The Morgan fingerprint density at radius 2 is 1.83 bits per heavy atom. The van der Waals surface area contributed by atoms with E-state index < -0.39 is 0 Å². The van der Waals surface area contributed by atoms with Gasteiger partial charge in [0.25, 0.3) is 0 Å². The van der Waals surface area contributed by atoms with Crippen LogP contribution in [0.1, 0.15) is 64.7 Å². The molecule has 2 rings (SSSR count). The fourth-order valence-corrected chi connectivity index (χ4v) is 2.55. The molecule has 0 saturated carbocycles. The van der Waals surface area contributed by atoms with Crippen LogP contribution in [0.5, 0.6) is 5.75 Å². The number of carbonyl (C=O) groups is 1. The zero-order valence-electron chi connectivity index (χ0n) is 15.0. The van der Waals surface area contributed by atoms with Crippen molar-refractivity contribution in [3.63, 3.8) is 0 Å². The summed E-state index contributed by atoms with van der Waals surface area (Å²) in [6.07, 6.45) is 10.5. The standard InChI is InChI=1S/C14H22O.C6H11NO2/c1-2-3-4-5-6-10-13-15-14-11-8-7-9-12-14;7-6(8)5-3-1-2-4-9-5/h7-9,11-12H,2-6,10,13H2,1H3;5H,1-4H2,(H2,7,8). The lowest BCUT2D eigenvalue weighted by Crippen LogP contribution is -2.33. The molecule has 2 N–H and O–H groups in total. The third kappa shape index (κ3) is 10.3. The molecule has 24 heavy (non-hydrogen) atoms. The van der Waals surface area contributed by atoms with Crippen LogP contribution in [-0.2, 0) is 9.53 Å². The van der Waals surface area contributed by atoms with Crippen molar-refractivity contribution in [1.29, 1.82) is 0 Å². The summed E-state index contributed by atoms with van der Waals surface area (Å²) in [6.45, 7) is 3.79. The highest BCUT2D eigenvalue weighted by Crippen LogP contribution is 2.11. The smallest absolute Gasteiger partial charge is 0.246 e. The number of hydrogen-bond acceptors (Lipinski definition) is 3. The van der Waals surface area contributed by atoms with Crippen molar-refractivity contribution in [2.75, 3.05) is 13.2 Å². The van der Waals surface area contributed by atoms with Gasteiger partial charge in [-0.25, -0.2) is 0 Å². The maximum absolute atomic E-state index is 10.5. The van der Waals surface area contributed by atoms with E-state index in [0.717, 1.165) is 31.6 Å². The third-order valence-corrected chi connectivity index (χ3v) is 4.01. The lowest BCUT2D eigenvalue weighted by molar-refractivity contribution is -0.132. The Morgan fingerprint density at radius 3 is 2.42 bits per heavy atom. The second kappa shape index (κ2) is 13.8.